The van der Waals surface area contributed by atoms with Crippen molar-refractivity contribution in [1.29, 1.82) is 5.41 Å². The number of hydrogen-bond donors (Lipinski definition) is 5. The molecule has 0 unspecified atom stereocenters. The minimum Gasteiger partial charge on any atom is -0.507 e. The molecule has 1 aromatic carbocycles. The molecule has 0 saturated carbocycles. The summed E-state index contributed by atoms with van der Waals surface area (Å²) in [5, 5.41) is 31.5. The Balaban J connectivity index is 0.00000117. The molecular formula is C21H27N7O. The average Bonchev–Trinajstić information content (AvgIpc) is 3.31. The van der Waals surface area contributed by atoms with Crippen LogP contribution in [0, 0.1) is 5.41 Å². The third-order valence-corrected chi connectivity index (χ3v) is 4.72. The molecule has 1 aliphatic heterocycles. The van der Waals surface area contributed by atoms with Gasteiger partial charge in [-0.05, 0) is 43.6 Å². The summed E-state index contributed by atoms with van der Waals surface area (Å²) in [6.45, 7) is 5.94. The van der Waals surface area contributed by atoms with Gasteiger partial charge in [-0.2, -0.15) is 5.10 Å². The van der Waals surface area contributed by atoms with Gasteiger partial charge in [0.15, 0.2) is 5.82 Å². The summed E-state index contributed by atoms with van der Waals surface area (Å²) < 4.78 is 0. The lowest BCUT2D eigenvalue weighted by molar-refractivity contribution is 0.477. The van der Waals surface area contributed by atoms with Crippen LogP contribution in [0.15, 0.2) is 36.8 Å². The van der Waals surface area contributed by atoms with Crippen LogP contribution in [0.5, 0.6) is 5.75 Å². The van der Waals surface area contributed by atoms with Crippen molar-refractivity contribution in [2.24, 2.45) is 0 Å². The van der Waals surface area contributed by atoms with Gasteiger partial charge in [0.1, 0.15) is 11.4 Å². The highest BCUT2D eigenvalue weighted by Gasteiger charge is 2.16. The van der Waals surface area contributed by atoms with Gasteiger partial charge in [0.2, 0.25) is 0 Å². The number of aromatic amines is 1. The smallest absolute Gasteiger partial charge is 0.153 e. The quantitative estimate of drug-likeness (QED) is 0.423. The number of hydrogen-bond acceptors (Lipinski definition) is 7. The molecule has 2 aromatic heterocycles. The van der Waals surface area contributed by atoms with Crippen LogP contribution in [-0.2, 0) is 0 Å². The predicted molar refractivity (Wildman–Crippen MR) is 115 cm³/mol. The highest BCUT2D eigenvalue weighted by Crippen LogP contribution is 2.32. The van der Waals surface area contributed by atoms with Crippen molar-refractivity contribution in [1.82, 2.24) is 25.5 Å². The average molecular weight is 393 g/mol. The molecule has 3 aromatic rings. The van der Waals surface area contributed by atoms with Gasteiger partial charge in [0, 0.05) is 29.6 Å². The monoisotopic (exact) mass is 393 g/mol. The number of nitrogens with one attached hydrogen (secondary N) is 4. The molecule has 152 valence electrons. The Hall–Kier alpha value is -3.26. The molecule has 1 fully saturated rings. The first kappa shape index (κ1) is 20.5. The largest absolute Gasteiger partial charge is 0.507 e. The summed E-state index contributed by atoms with van der Waals surface area (Å²) in [5.41, 5.74) is 3.32. The summed E-state index contributed by atoms with van der Waals surface area (Å²) >= 11 is 0. The predicted octanol–water partition coefficient (Wildman–Crippen LogP) is 3.43. The van der Waals surface area contributed by atoms with Gasteiger partial charge in [-0.3, -0.25) is 5.10 Å². The Labute approximate surface area is 170 Å². The summed E-state index contributed by atoms with van der Waals surface area (Å²) in [4.78, 5) is 8.98. The molecule has 8 heteroatoms. The number of phenolic OH excluding ortho intramolecular Hbond substituents is 1. The highest BCUT2D eigenvalue weighted by atomic mass is 16.3. The fourth-order valence-electron chi connectivity index (χ4n) is 3.24. The minimum absolute atomic E-state index is 0.109. The summed E-state index contributed by atoms with van der Waals surface area (Å²) in [7, 11) is 0. The fraction of sp³-hybridized carbons (Fsp3) is 0.333. The lowest BCUT2D eigenvalue weighted by Crippen LogP contribution is -2.35. The first-order valence-corrected chi connectivity index (χ1v) is 9.92. The second-order valence-corrected chi connectivity index (χ2v) is 6.52. The zero-order chi connectivity index (χ0) is 20.6. The van der Waals surface area contributed by atoms with Crippen molar-refractivity contribution >= 4 is 12.0 Å². The minimum atomic E-state index is 0.109. The second-order valence-electron chi connectivity index (χ2n) is 6.52. The first-order valence-electron chi connectivity index (χ1n) is 9.92. The van der Waals surface area contributed by atoms with Crippen molar-refractivity contribution in [3.8, 4) is 28.1 Å². The van der Waals surface area contributed by atoms with Crippen LogP contribution in [0.1, 0.15) is 32.4 Å². The van der Waals surface area contributed by atoms with Crippen LogP contribution in [-0.4, -0.2) is 50.6 Å². The van der Waals surface area contributed by atoms with E-state index in [2.05, 4.69) is 30.8 Å². The number of piperidine rings is 1. The molecule has 0 amide bonds. The topological polar surface area (TPSA) is 123 Å². The SMILES string of the molecule is CC.N=Cc1nc(-c2ccc(-c3cn[nH]c3)cc2O)cnc1NC1CCNCC1. The molecule has 8 nitrogen and oxygen atoms in total. The molecule has 4 rings (SSSR count). The number of H-pyrrole nitrogens is 1. The Morgan fingerprint density at radius 1 is 1.17 bits per heavy atom. The number of aromatic nitrogens is 4. The van der Waals surface area contributed by atoms with Crippen LogP contribution in [0.4, 0.5) is 5.82 Å². The van der Waals surface area contributed by atoms with Crippen molar-refractivity contribution in [2.75, 3.05) is 18.4 Å². The number of benzene rings is 1. The fourth-order valence-corrected chi connectivity index (χ4v) is 3.24. The molecular weight excluding hydrogens is 366 g/mol. The zero-order valence-corrected chi connectivity index (χ0v) is 16.7. The first-order chi connectivity index (χ1) is 14.2. The maximum atomic E-state index is 10.5. The van der Waals surface area contributed by atoms with Crippen LogP contribution < -0.4 is 10.6 Å². The summed E-state index contributed by atoms with van der Waals surface area (Å²) in [6.07, 6.45) is 8.30. The van der Waals surface area contributed by atoms with Gasteiger partial charge in [0.25, 0.3) is 0 Å². The van der Waals surface area contributed by atoms with Gasteiger partial charge in [-0.15, -0.1) is 0 Å². The van der Waals surface area contributed by atoms with E-state index in [-0.39, 0.29) is 5.75 Å². The van der Waals surface area contributed by atoms with Gasteiger partial charge in [-0.1, -0.05) is 19.9 Å². The van der Waals surface area contributed by atoms with Crippen molar-refractivity contribution in [3.05, 3.63) is 42.5 Å². The van der Waals surface area contributed by atoms with Crippen molar-refractivity contribution in [2.45, 2.75) is 32.7 Å². The molecule has 1 saturated heterocycles. The van der Waals surface area contributed by atoms with Gasteiger partial charge in [0.05, 0.1) is 18.1 Å². The molecule has 0 bridgehead atoms. The lowest BCUT2D eigenvalue weighted by Gasteiger charge is -2.24. The third kappa shape index (κ3) is 4.78. The summed E-state index contributed by atoms with van der Waals surface area (Å²) in [6, 6.07) is 5.70. The molecule has 29 heavy (non-hydrogen) atoms. The van der Waals surface area contributed by atoms with Crippen LogP contribution in [0.3, 0.4) is 0 Å². The highest BCUT2D eigenvalue weighted by molar-refractivity contribution is 5.83. The Morgan fingerprint density at radius 2 is 1.97 bits per heavy atom. The number of phenols is 1. The van der Waals surface area contributed by atoms with Crippen LogP contribution >= 0.6 is 0 Å². The molecule has 3 heterocycles. The summed E-state index contributed by atoms with van der Waals surface area (Å²) in [5.74, 6) is 0.716. The van der Waals surface area contributed by atoms with Gasteiger partial charge < -0.3 is 21.1 Å². The van der Waals surface area contributed by atoms with Gasteiger partial charge >= 0.3 is 0 Å². The second kappa shape index (κ2) is 9.79. The zero-order valence-electron chi connectivity index (χ0n) is 16.7. The van der Waals surface area contributed by atoms with Crippen LogP contribution in [0.25, 0.3) is 22.4 Å². The van der Waals surface area contributed by atoms with E-state index in [0.717, 1.165) is 37.1 Å². The number of aromatic hydroxyl groups is 1. The van der Waals surface area contributed by atoms with E-state index in [4.69, 9.17) is 5.41 Å². The third-order valence-electron chi connectivity index (χ3n) is 4.72. The van der Waals surface area contributed by atoms with Gasteiger partial charge in [-0.25, -0.2) is 9.97 Å². The Morgan fingerprint density at radius 3 is 2.62 bits per heavy atom. The lowest BCUT2D eigenvalue weighted by atomic mass is 10.0. The number of anilines is 1. The number of rotatable bonds is 5. The maximum Gasteiger partial charge on any atom is 0.153 e. The van der Waals surface area contributed by atoms with Crippen LogP contribution in [0.2, 0.25) is 0 Å². The molecule has 5 N–H and O–H groups in total. The van der Waals surface area contributed by atoms with Crippen molar-refractivity contribution in [3.63, 3.8) is 0 Å². The van der Waals surface area contributed by atoms with E-state index in [1.54, 1.807) is 30.7 Å². The standard InChI is InChI=1S/C19H21N7O.C2H6/c20-8-16-19(25-14-3-5-21-6-4-14)22-11-17(26-16)15-2-1-12(7-18(15)27)13-9-23-24-10-13;1-2/h1-2,7-11,14,20-21,27H,3-6H2,(H,22,25)(H,23,24);1-2H3. The molecule has 0 aliphatic carbocycles. The number of nitrogens with zero attached hydrogens (tertiary/aromatic N) is 3. The molecule has 1 aliphatic rings. The van der Waals surface area contributed by atoms with Crippen molar-refractivity contribution < 1.29 is 5.11 Å². The van der Waals surface area contributed by atoms with E-state index < -0.39 is 0 Å². The van der Waals surface area contributed by atoms with E-state index in [9.17, 15) is 5.11 Å². The Bertz CT molecular complexity index is 934. The van der Waals surface area contributed by atoms with E-state index in [1.165, 1.54) is 6.21 Å². The molecule has 0 atom stereocenters. The van der Waals surface area contributed by atoms with E-state index in [1.807, 2.05) is 19.9 Å². The Kier molecular flexibility index (Phi) is 6.91. The molecule has 0 radical (unpaired) electrons. The normalized spacial score (nSPS) is 14.0. The van der Waals surface area contributed by atoms with E-state index in [0.29, 0.717) is 28.8 Å². The maximum absolute atomic E-state index is 10.5. The molecule has 0 spiro atoms. The van der Waals surface area contributed by atoms with E-state index >= 15 is 0 Å².